The highest BCUT2D eigenvalue weighted by molar-refractivity contribution is 6.30. The van der Waals surface area contributed by atoms with Crippen LogP contribution in [-0.2, 0) is 20.7 Å². The van der Waals surface area contributed by atoms with E-state index in [0.29, 0.717) is 5.02 Å². The van der Waals surface area contributed by atoms with Crippen molar-refractivity contribution in [2.45, 2.75) is 31.5 Å². The number of hydrogen-bond donors (Lipinski definition) is 0. The molecule has 2 bridgehead atoms. The molecule has 2 heterocycles. The average molecular weight is 379 g/mol. The molecule has 1 saturated heterocycles. The highest BCUT2D eigenvalue weighted by Gasteiger charge is 2.61. The minimum Gasteiger partial charge on any atom is -0.365 e. The Hall–Kier alpha value is -2.23. The van der Waals surface area contributed by atoms with Gasteiger partial charge in [-0.1, -0.05) is 54.9 Å². The van der Waals surface area contributed by atoms with Gasteiger partial charge in [-0.05, 0) is 46.9 Å². The molecule has 0 amide bonds. The van der Waals surface area contributed by atoms with Gasteiger partial charge in [0.1, 0.15) is 5.92 Å². The summed E-state index contributed by atoms with van der Waals surface area (Å²) in [5, 5.41) is 0.682. The normalized spacial score (nSPS) is 31.0. The third-order valence-electron chi connectivity index (χ3n) is 6.14. The summed E-state index contributed by atoms with van der Waals surface area (Å²) in [6.07, 6.45) is 4.19. The number of carbonyl (C=O) groups excluding carboxylic acids is 2. The molecule has 27 heavy (non-hydrogen) atoms. The molecule has 3 aliphatic rings. The summed E-state index contributed by atoms with van der Waals surface area (Å²) in [6, 6.07) is 13.7. The number of hydrogen-bond acceptors (Lipinski definition) is 3. The fourth-order valence-corrected chi connectivity index (χ4v) is 4.95. The van der Waals surface area contributed by atoms with E-state index in [1.54, 1.807) is 0 Å². The van der Waals surface area contributed by atoms with Crippen LogP contribution in [0.5, 0.6) is 0 Å². The maximum absolute atomic E-state index is 13.2. The number of Topliss-reactive ketones (excluding diaryl/α,β-unsaturated/α-hetero) is 2. The van der Waals surface area contributed by atoms with Gasteiger partial charge in [0, 0.05) is 5.02 Å². The van der Waals surface area contributed by atoms with Crippen LogP contribution in [0.2, 0.25) is 5.02 Å². The van der Waals surface area contributed by atoms with Gasteiger partial charge < -0.3 is 4.74 Å². The lowest BCUT2D eigenvalue weighted by Crippen LogP contribution is -2.26. The fraction of sp³-hybridized carbons (Fsp3) is 0.304. The topological polar surface area (TPSA) is 43.4 Å². The molecule has 2 aliphatic heterocycles. The Kier molecular flexibility index (Phi) is 3.85. The molecular formula is C23H19ClO3. The molecule has 1 unspecified atom stereocenters. The maximum atomic E-state index is 13.2. The minimum atomic E-state index is -0.670. The summed E-state index contributed by atoms with van der Waals surface area (Å²) >= 11 is 6.00. The molecular weight excluding hydrogens is 360 g/mol. The summed E-state index contributed by atoms with van der Waals surface area (Å²) in [5.41, 5.74) is 3.93. The van der Waals surface area contributed by atoms with Gasteiger partial charge in [-0.3, -0.25) is 9.59 Å². The highest BCUT2D eigenvalue weighted by atomic mass is 35.5. The molecule has 5 rings (SSSR count). The Bertz CT molecular complexity index is 946. The van der Waals surface area contributed by atoms with Crippen molar-refractivity contribution in [3.8, 4) is 11.1 Å². The van der Waals surface area contributed by atoms with Crippen LogP contribution >= 0.6 is 11.6 Å². The van der Waals surface area contributed by atoms with Crippen LogP contribution in [0.4, 0.5) is 0 Å². The van der Waals surface area contributed by atoms with Crippen LogP contribution < -0.4 is 0 Å². The number of aryl methyl sites for hydroxylation is 1. The van der Waals surface area contributed by atoms with Gasteiger partial charge in [-0.25, -0.2) is 0 Å². The summed E-state index contributed by atoms with van der Waals surface area (Å²) in [6.45, 7) is 2.06. The second-order valence-corrected chi connectivity index (χ2v) is 7.95. The van der Waals surface area contributed by atoms with E-state index in [9.17, 15) is 9.59 Å². The first-order chi connectivity index (χ1) is 13.1. The third-order valence-corrected chi connectivity index (χ3v) is 6.39. The molecule has 1 aliphatic carbocycles. The Morgan fingerprint density at radius 2 is 1.48 bits per heavy atom. The van der Waals surface area contributed by atoms with Crippen LogP contribution in [-0.4, -0.2) is 23.8 Å². The average Bonchev–Trinajstić information content (AvgIpc) is 3.36. The number of fused-ring (bicyclic) bond motifs is 5. The van der Waals surface area contributed by atoms with E-state index in [0.717, 1.165) is 28.7 Å². The third kappa shape index (κ3) is 2.45. The van der Waals surface area contributed by atoms with E-state index < -0.39 is 5.92 Å². The Morgan fingerprint density at radius 1 is 0.889 bits per heavy atom. The molecule has 136 valence electrons. The standard InChI is InChI=1S/C23H19ClO3/c1-2-12-3-4-14(13-5-7-15(24)8-6-13)11-16(12)19-22(25)20-17-9-10-18(27-17)21(20)23(19)26/h3-11,17-21H,2H2,1H3/t17-,18-,19?,20-,21+/m0/s1. The summed E-state index contributed by atoms with van der Waals surface area (Å²) < 4.78 is 5.76. The number of carbonyl (C=O) groups is 2. The van der Waals surface area contributed by atoms with Crippen molar-refractivity contribution in [1.82, 2.24) is 0 Å². The van der Waals surface area contributed by atoms with E-state index in [-0.39, 0.29) is 35.6 Å². The first-order valence-corrected chi connectivity index (χ1v) is 9.76. The second kappa shape index (κ2) is 6.15. The zero-order chi connectivity index (χ0) is 18.7. The molecule has 1 saturated carbocycles. The molecule has 0 N–H and O–H groups in total. The van der Waals surface area contributed by atoms with Crippen molar-refractivity contribution in [1.29, 1.82) is 0 Å². The first-order valence-electron chi connectivity index (χ1n) is 9.38. The van der Waals surface area contributed by atoms with Crippen molar-refractivity contribution in [2.24, 2.45) is 11.8 Å². The maximum Gasteiger partial charge on any atom is 0.154 e. The van der Waals surface area contributed by atoms with E-state index in [1.165, 1.54) is 0 Å². The van der Waals surface area contributed by atoms with E-state index in [1.807, 2.05) is 54.6 Å². The lowest BCUT2D eigenvalue weighted by molar-refractivity contribution is -0.127. The number of halogens is 1. The Morgan fingerprint density at radius 3 is 2.07 bits per heavy atom. The second-order valence-electron chi connectivity index (χ2n) is 7.51. The number of rotatable bonds is 3. The predicted octanol–water partition coefficient (Wildman–Crippen LogP) is 4.37. The molecule has 5 atom stereocenters. The summed E-state index contributed by atoms with van der Waals surface area (Å²) in [5.74, 6) is -1.27. The van der Waals surface area contributed by atoms with Gasteiger partial charge in [-0.15, -0.1) is 0 Å². The van der Waals surface area contributed by atoms with Gasteiger partial charge in [0.2, 0.25) is 0 Å². The van der Waals surface area contributed by atoms with E-state index in [2.05, 4.69) is 6.92 Å². The smallest absolute Gasteiger partial charge is 0.154 e. The molecule has 0 aromatic heterocycles. The van der Waals surface area contributed by atoms with Gasteiger partial charge >= 0.3 is 0 Å². The summed E-state index contributed by atoms with van der Waals surface area (Å²) in [7, 11) is 0. The lowest BCUT2D eigenvalue weighted by Gasteiger charge is -2.17. The van der Waals surface area contributed by atoms with Crippen LogP contribution in [0.3, 0.4) is 0 Å². The number of ketones is 2. The zero-order valence-electron chi connectivity index (χ0n) is 14.9. The molecule has 3 nitrogen and oxygen atoms in total. The molecule has 4 heteroatoms. The monoisotopic (exact) mass is 378 g/mol. The van der Waals surface area contributed by atoms with Crippen LogP contribution in [0.25, 0.3) is 11.1 Å². The van der Waals surface area contributed by atoms with Gasteiger partial charge in [0.25, 0.3) is 0 Å². The Labute approximate surface area is 163 Å². The van der Waals surface area contributed by atoms with E-state index >= 15 is 0 Å². The van der Waals surface area contributed by atoms with Crippen LogP contribution in [0.1, 0.15) is 24.0 Å². The van der Waals surface area contributed by atoms with Crippen LogP contribution in [0.15, 0.2) is 54.6 Å². The fourth-order valence-electron chi connectivity index (χ4n) is 4.83. The van der Waals surface area contributed by atoms with Crippen molar-refractivity contribution >= 4 is 23.2 Å². The zero-order valence-corrected chi connectivity index (χ0v) is 15.6. The molecule has 2 aromatic rings. The van der Waals surface area contributed by atoms with E-state index in [4.69, 9.17) is 16.3 Å². The molecule has 2 aromatic carbocycles. The van der Waals surface area contributed by atoms with Crippen molar-refractivity contribution in [3.05, 3.63) is 70.8 Å². The highest BCUT2D eigenvalue weighted by Crippen LogP contribution is 2.50. The SMILES string of the molecule is CCc1ccc(-c2ccc(Cl)cc2)cc1C1C(=O)[C@@H]2[C@H](C1=O)[C@@H]1C=C[C@@H]2O1. The van der Waals surface area contributed by atoms with Gasteiger partial charge in [0.15, 0.2) is 11.6 Å². The molecule has 0 radical (unpaired) electrons. The van der Waals surface area contributed by atoms with Crippen molar-refractivity contribution in [3.63, 3.8) is 0 Å². The first kappa shape index (κ1) is 16.9. The minimum absolute atomic E-state index is 0.0183. The molecule has 2 fully saturated rings. The Balaban J connectivity index is 1.58. The summed E-state index contributed by atoms with van der Waals surface area (Å²) in [4.78, 5) is 26.4. The number of benzene rings is 2. The largest absolute Gasteiger partial charge is 0.365 e. The van der Waals surface area contributed by atoms with Crippen LogP contribution in [0, 0.1) is 11.8 Å². The van der Waals surface area contributed by atoms with Crippen molar-refractivity contribution in [2.75, 3.05) is 0 Å². The van der Waals surface area contributed by atoms with Gasteiger partial charge in [-0.2, -0.15) is 0 Å². The lowest BCUT2D eigenvalue weighted by atomic mass is 9.85. The number of ether oxygens (including phenoxy) is 1. The molecule has 0 spiro atoms. The quantitative estimate of drug-likeness (QED) is 0.588. The predicted molar refractivity (Wildman–Crippen MR) is 104 cm³/mol. The van der Waals surface area contributed by atoms with Crippen molar-refractivity contribution < 1.29 is 14.3 Å². The van der Waals surface area contributed by atoms with Gasteiger partial charge in [0.05, 0.1) is 24.0 Å².